The number of rotatable bonds is 7. The molecule has 0 saturated carbocycles. The molecule has 8 heteroatoms. The predicted molar refractivity (Wildman–Crippen MR) is 158 cm³/mol. The number of anilines is 1. The van der Waals surface area contributed by atoms with Gasteiger partial charge in [0.1, 0.15) is 11.8 Å². The van der Waals surface area contributed by atoms with Crippen LogP contribution in [0.2, 0.25) is 10.0 Å². The lowest BCUT2D eigenvalue weighted by atomic mass is 9.97. The molecule has 1 atom stereocenters. The summed E-state index contributed by atoms with van der Waals surface area (Å²) >= 11 is 12.5. The van der Waals surface area contributed by atoms with Crippen molar-refractivity contribution in [2.45, 2.75) is 46.2 Å². The van der Waals surface area contributed by atoms with Gasteiger partial charge in [-0.15, -0.1) is 0 Å². The van der Waals surface area contributed by atoms with Gasteiger partial charge in [-0.25, -0.2) is 4.39 Å². The Morgan fingerprint density at radius 3 is 2.45 bits per heavy atom. The Balaban J connectivity index is 1.83. The zero-order valence-corrected chi connectivity index (χ0v) is 24.4. The minimum atomic E-state index is -0.664. The lowest BCUT2D eigenvalue weighted by molar-refractivity contribution is 0.0982. The molecule has 0 saturated heterocycles. The van der Waals surface area contributed by atoms with Gasteiger partial charge in [-0.2, -0.15) is 0 Å². The van der Waals surface area contributed by atoms with Crippen molar-refractivity contribution in [3.05, 3.63) is 104 Å². The van der Waals surface area contributed by atoms with E-state index in [1.807, 2.05) is 52.0 Å². The van der Waals surface area contributed by atoms with E-state index in [0.29, 0.717) is 39.6 Å². The number of hydrogen-bond donors (Lipinski definition) is 0. The number of carbonyl (C=O) groups excluding carboxylic acids is 2. The quantitative estimate of drug-likeness (QED) is 0.206. The molecule has 2 heterocycles. The average molecular weight is 579 g/mol. The van der Waals surface area contributed by atoms with Crippen LogP contribution in [0.3, 0.4) is 0 Å². The number of benzene rings is 3. The van der Waals surface area contributed by atoms with Crippen molar-refractivity contribution in [1.82, 2.24) is 4.57 Å². The zero-order chi connectivity index (χ0) is 28.9. The maximum absolute atomic E-state index is 15.5. The number of methoxy groups -OCH3 is 1. The lowest BCUT2D eigenvalue weighted by Gasteiger charge is -2.30. The molecule has 0 N–H and O–H groups in total. The van der Waals surface area contributed by atoms with Gasteiger partial charge in [0.15, 0.2) is 11.6 Å². The molecule has 4 aromatic rings. The summed E-state index contributed by atoms with van der Waals surface area (Å²) in [6, 6.07) is 16.5. The van der Waals surface area contributed by atoms with Crippen LogP contribution in [0.4, 0.5) is 10.1 Å². The maximum atomic E-state index is 15.5. The molecule has 206 valence electrons. The topological polar surface area (TPSA) is 51.5 Å². The molecule has 0 fully saturated rings. The van der Waals surface area contributed by atoms with Crippen LogP contribution in [-0.2, 0) is 0 Å². The Morgan fingerprint density at radius 2 is 1.80 bits per heavy atom. The third-order valence-electron chi connectivity index (χ3n) is 7.39. The number of Topliss-reactive ketones (excluding diaryl/α,β-unsaturated/α-hetero) is 1. The van der Waals surface area contributed by atoms with Crippen LogP contribution in [0.1, 0.15) is 76.8 Å². The lowest BCUT2D eigenvalue weighted by Crippen LogP contribution is -2.31. The van der Waals surface area contributed by atoms with E-state index in [1.54, 1.807) is 37.4 Å². The molecule has 3 aromatic carbocycles. The minimum Gasteiger partial charge on any atom is -0.496 e. The molecule has 1 aromatic heterocycles. The highest BCUT2D eigenvalue weighted by Crippen LogP contribution is 2.49. The van der Waals surface area contributed by atoms with Gasteiger partial charge in [-0.1, -0.05) is 42.3 Å². The molecule has 1 aliphatic heterocycles. The molecule has 1 amide bonds. The molecular formula is C32H29Cl2FN2O3. The van der Waals surface area contributed by atoms with Crippen LogP contribution >= 0.6 is 23.2 Å². The molecule has 40 heavy (non-hydrogen) atoms. The maximum Gasteiger partial charge on any atom is 0.261 e. The minimum absolute atomic E-state index is 0.00689. The van der Waals surface area contributed by atoms with Gasteiger partial charge in [-0.05, 0) is 80.4 Å². The van der Waals surface area contributed by atoms with E-state index in [4.69, 9.17) is 27.9 Å². The van der Waals surface area contributed by atoms with Gasteiger partial charge in [0, 0.05) is 28.6 Å². The summed E-state index contributed by atoms with van der Waals surface area (Å²) in [4.78, 5) is 28.3. The van der Waals surface area contributed by atoms with Gasteiger partial charge in [0.05, 0.1) is 34.8 Å². The summed E-state index contributed by atoms with van der Waals surface area (Å²) in [7, 11) is 1.57. The second-order valence-electron chi connectivity index (χ2n) is 10.1. The summed E-state index contributed by atoms with van der Waals surface area (Å²) in [5.41, 5.74) is 4.92. The highest BCUT2D eigenvalue weighted by atomic mass is 35.5. The van der Waals surface area contributed by atoms with Crippen LogP contribution in [0.25, 0.3) is 11.3 Å². The second-order valence-corrected chi connectivity index (χ2v) is 11.0. The number of carbonyl (C=O) groups is 2. The normalized spacial score (nSPS) is 14.7. The highest BCUT2D eigenvalue weighted by Gasteiger charge is 2.45. The number of nitrogens with zero attached hydrogens (tertiary/aromatic N) is 2. The molecule has 1 aliphatic rings. The fraction of sp³-hybridized carbons (Fsp3) is 0.250. The molecule has 1 unspecified atom stereocenters. The summed E-state index contributed by atoms with van der Waals surface area (Å²) < 4.78 is 23.2. The Morgan fingerprint density at radius 1 is 1.05 bits per heavy atom. The number of aromatic nitrogens is 1. The van der Waals surface area contributed by atoms with Gasteiger partial charge in [-0.3, -0.25) is 14.5 Å². The summed E-state index contributed by atoms with van der Waals surface area (Å²) in [5.74, 6) is -0.429. The Labute approximate surface area is 243 Å². The summed E-state index contributed by atoms with van der Waals surface area (Å²) in [6.07, 6.45) is 0.365. The van der Waals surface area contributed by atoms with Crippen molar-refractivity contribution in [3.63, 3.8) is 0 Å². The van der Waals surface area contributed by atoms with Crippen molar-refractivity contribution in [1.29, 1.82) is 0 Å². The fourth-order valence-corrected chi connectivity index (χ4v) is 5.96. The first kappa shape index (κ1) is 27.9. The number of hydrogen-bond acceptors (Lipinski definition) is 3. The highest BCUT2D eigenvalue weighted by molar-refractivity contribution is 6.31. The third-order valence-corrected chi connectivity index (χ3v) is 7.92. The number of fused-ring (bicyclic) bond motifs is 1. The monoisotopic (exact) mass is 578 g/mol. The van der Waals surface area contributed by atoms with Gasteiger partial charge >= 0.3 is 0 Å². The zero-order valence-electron chi connectivity index (χ0n) is 22.9. The van der Waals surface area contributed by atoms with E-state index >= 15 is 4.39 Å². The van der Waals surface area contributed by atoms with Crippen LogP contribution in [-0.4, -0.2) is 23.4 Å². The smallest absolute Gasteiger partial charge is 0.261 e. The molecule has 0 radical (unpaired) electrons. The Hall–Kier alpha value is -3.61. The molecule has 5 nitrogen and oxygen atoms in total. The number of aryl methyl sites for hydroxylation is 1. The van der Waals surface area contributed by atoms with E-state index < -0.39 is 11.9 Å². The van der Waals surface area contributed by atoms with E-state index in [2.05, 4.69) is 4.57 Å². The first-order chi connectivity index (χ1) is 19.1. The standard InChI is InChI=1S/C32H29Cl2FN2O3/c1-6-27(38)19-10-13-28(40-5)22(15-19)26-16-23-31(36(26)17(2)3)30(21-12-11-20(33)14-18(21)4)37(32(23)39)25-9-7-8-24(34)29(25)35/h7-17,30H,6H2,1-5H3. The molecule has 5 rings (SSSR count). The second kappa shape index (κ2) is 10.8. The number of ether oxygens (including phenoxy) is 1. The van der Waals surface area contributed by atoms with Crippen LogP contribution in [0.15, 0.2) is 60.7 Å². The summed E-state index contributed by atoms with van der Waals surface area (Å²) in [6.45, 7) is 7.79. The van der Waals surface area contributed by atoms with Gasteiger partial charge in [0.25, 0.3) is 5.91 Å². The van der Waals surface area contributed by atoms with Crippen LogP contribution in [0.5, 0.6) is 5.75 Å². The first-order valence-electron chi connectivity index (χ1n) is 13.1. The SMILES string of the molecule is CCC(=O)c1ccc(OC)c(-c2cc3c(n2C(C)C)C(c2ccc(Cl)cc2C)N(c2cccc(Cl)c2F)C3=O)c1. The van der Waals surface area contributed by atoms with E-state index in [-0.39, 0.29) is 28.4 Å². The van der Waals surface area contributed by atoms with Gasteiger partial charge in [0.2, 0.25) is 0 Å². The van der Waals surface area contributed by atoms with Crippen molar-refractivity contribution < 1.29 is 18.7 Å². The van der Waals surface area contributed by atoms with Crippen molar-refractivity contribution >= 4 is 40.6 Å². The van der Waals surface area contributed by atoms with Crippen molar-refractivity contribution in [3.8, 4) is 17.0 Å². The number of ketones is 1. The number of halogens is 3. The largest absolute Gasteiger partial charge is 0.496 e. The predicted octanol–water partition coefficient (Wildman–Crippen LogP) is 8.84. The summed E-state index contributed by atoms with van der Waals surface area (Å²) in [5, 5.41) is 0.497. The van der Waals surface area contributed by atoms with E-state index in [0.717, 1.165) is 16.8 Å². The Kier molecular flexibility index (Phi) is 7.51. The van der Waals surface area contributed by atoms with Gasteiger partial charge < -0.3 is 9.30 Å². The third kappa shape index (κ3) is 4.49. The number of amides is 1. The van der Waals surface area contributed by atoms with Crippen LogP contribution < -0.4 is 9.64 Å². The van der Waals surface area contributed by atoms with Crippen molar-refractivity contribution in [2.75, 3.05) is 12.0 Å². The van der Waals surface area contributed by atoms with E-state index in [1.165, 1.54) is 11.0 Å². The van der Waals surface area contributed by atoms with Crippen LogP contribution in [0, 0.1) is 12.7 Å². The molecule has 0 aliphatic carbocycles. The van der Waals surface area contributed by atoms with E-state index in [9.17, 15) is 9.59 Å². The first-order valence-corrected chi connectivity index (χ1v) is 13.8. The molecule has 0 spiro atoms. The Bertz CT molecular complexity index is 1660. The van der Waals surface area contributed by atoms with Crippen molar-refractivity contribution in [2.24, 2.45) is 0 Å². The fourth-order valence-electron chi connectivity index (χ4n) is 5.57. The molecular weight excluding hydrogens is 550 g/mol. The average Bonchev–Trinajstić information content (AvgIpc) is 3.45. The molecule has 0 bridgehead atoms.